The Morgan fingerprint density at radius 2 is 1.17 bits per heavy atom. The topological polar surface area (TPSA) is 77.8 Å². The van der Waals surface area contributed by atoms with Gasteiger partial charge < -0.3 is 15.3 Å². The second-order valence-electron chi connectivity index (χ2n) is 6.75. The van der Waals surface area contributed by atoms with E-state index in [1.165, 1.54) is 70.6 Å². The van der Waals surface area contributed by atoms with Crippen molar-refractivity contribution >= 4 is 5.97 Å². The van der Waals surface area contributed by atoms with Gasteiger partial charge in [0, 0.05) is 13.0 Å². The van der Waals surface area contributed by atoms with Crippen LogP contribution >= 0.6 is 0 Å². The molecule has 0 fully saturated rings. The molecule has 1 unspecified atom stereocenters. The molecule has 0 heterocycles. The van der Waals surface area contributed by atoms with Crippen LogP contribution < -0.4 is 0 Å². The normalized spacial score (nSPS) is 11.7. The predicted molar refractivity (Wildman–Crippen MR) is 101 cm³/mol. The smallest absolute Gasteiger partial charge is 0.303 e. The summed E-state index contributed by atoms with van der Waals surface area (Å²) < 4.78 is 0. The number of carbonyl (C=O) groups is 1. The lowest BCUT2D eigenvalue weighted by Crippen LogP contribution is -2.00. The summed E-state index contributed by atoms with van der Waals surface area (Å²) in [5.74, 6) is -0.655. The predicted octanol–water partition coefficient (Wildman–Crippen LogP) is 5.30. The molecule has 0 aliphatic carbocycles. The fourth-order valence-electron chi connectivity index (χ4n) is 2.48. The highest BCUT2D eigenvalue weighted by Gasteiger charge is 1.96. The Balaban J connectivity index is 0. The molecule has 0 spiro atoms. The Labute approximate surface area is 149 Å². The molecule has 0 aliphatic rings. The summed E-state index contributed by atoms with van der Waals surface area (Å²) >= 11 is 0. The van der Waals surface area contributed by atoms with Gasteiger partial charge in [-0.05, 0) is 19.8 Å². The molecule has 0 amide bonds. The summed E-state index contributed by atoms with van der Waals surface area (Å²) in [5.41, 5.74) is 0. The molecule has 0 rings (SSSR count). The number of unbranched alkanes of at least 4 members (excludes halogenated alkanes) is 12. The van der Waals surface area contributed by atoms with E-state index in [-0.39, 0.29) is 12.7 Å². The molecule has 1 atom stereocenters. The molecule has 0 aliphatic heterocycles. The number of aliphatic carboxylic acids is 1. The van der Waals surface area contributed by atoms with E-state index >= 15 is 0 Å². The summed E-state index contributed by atoms with van der Waals surface area (Å²) in [6.07, 6.45) is 17.4. The van der Waals surface area contributed by atoms with Crippen LogP contribution in [0.15, 0.2) is 0 Å². The monoisotopic (exact) mass is 346 g/mol. The minimum Gasteiger partial charge on any atom is -0.481 e. The minimum atomic E-state index is -0.655. The summed E-state index contributed by atoms with van der Waals surface area (Å²) in [4.78, 5) is 10.3. The van der Waals surface area contributed by atoms with Gasteiger partial charge in [0.1, 0.15) is 0 Å². The Morgan fingerprint density at radius 3 is 1.42 bits per heavy atom. The summed E-state index contributed by atoms with van der Waals surface area (Å²) in [6, 6.07) is 0. The van der Waals surface area contributed by atoms with E-state index in [2.05, 4.69) is 6.92 Å². The molecular weight excluding hydrogens is 304 g/mol. The van der Waals surface area contributed by atoms with E-state index < -0.39 is 5.97 Å². The zero-order valence-corrected chi connectivity index (χ0v) is 16.1. The molecule has 146 valence electrons. The number of hydrogen-bond acceptors (Lipinski definition) is 3. The van der Waals surface area contributed by atoms with E-state index in [1.807, 2.05) is 0 Å². The van der Waals surface area contributed by atoms with E-state index in [0.29, 0.717) is 12.8 Å². The van der Waals surface area contributed by atoms with Crippen LogP contribution in [-0.2, 0) is 4.79 Å². The maximum Gasteiger partial charge on any atom is 0.303 e. The van der Waals surface area contributed by atoms with E-state index in [9.17, 15) is 4.79 Å². The van der Waals surface area contributed by atoms with Crippen molar-refractivity contribution in [3.05, 3.63) is 0 Å². The molecule has 0 aromatic heterocycles. The maximum atomic E-state index is 10.3. The highest BCUT2D eigenvalue weighted by molar-refractivity contribution is 5.66. The first-order chi connectivity index (χ1) is 11.5. The first kappa shape index (κ1) is 25.6. The van der Waals surface area contributed by atoms with Gasteiger partial charge in [-0.15, -0.1) is 0 Å². The van der Waals surface area contributed by atoms with Crippen molar-refractivity contribution < 1.29 is 20.1 Å². The Hall–Kier alpha value is -0.610. The van der Waals surface area contributed by atoms with Crippen LogP contribution in [0, 0.1) is 0 Å². The van der Waals surface area contributed by atoms with Crippen molar-refractivity contribution in [1.82, 2.24) is 0 Å². The zero-order valence-electron chi connectivity index (χ0n) is 16.1. The van der Waals surface area contributed by atoms with Gasteiger partial charge in [-0.1, -0.05) is 84.0 Å². The van der Waals surface area contributed by atoms with Crippen molar-refractivity contribution in [2.45, 2.75) is 116 Å². The van der Waals surface area contributed by atoms with Crippen molar-refractivity contribution in [2.75, 3.05) is 6.61 Å². The van der Waals surface area contributed by atoms with E-state index in [4.69, 9.17) is 15.3 Å². The molecule has 0 saturated heterocycles. The first-order valence-electron chi connectivity index (χ1n) is 10.0. The number of rotatable bonds is 16. The van der Waals surface area contributed by atoms with Crippen molar-refractivity contribution in [3.63, 3.8) is 0 Å². The maximum absolute atomic E-state index is 10.3. The summed E-state index contributed by atoms with van der Waals surface area (Å²) in [6.45, 7) is 3.99. The van der Waals surface area contributed by atoms with Crippen LogP contribution in [0.25, 0.3) is 0 Å². The molecule has 3 N–H and O–H groups in total. The standard InChI is InChI=1S/C16H32O2.C4H10O2/c1-2-3-4-5-6-7-8-9-10-11-12-13-14-15-16(17)18;1-4(6)2-3-5/h2-15H2,1H3,(H,17,18);4-6H,2-3H2,1H3. The SMILES string of the molecule is CC(O)CCO.CCCCCCCCCCCCCCCC(=O)O. The Morgan fingerprint density at radius 1 is 0.792 bits per heavy atom. The van der Waals surface area contributed by atoms with Gasteiger partial charge in [-0.25, -0.2) is 0 Å². The van der Waals surface area contributed by atoms with Crippen molar-refractivity contribution in [3.8, 4) is 0 Å². The molecule has 0 aromatic rings. The fourth-order valence-corrected chi connectivity index (χ4v) is 2.48. The van der Waals surface area contributed by atoms with Crippen molar-refractivity contribution in [2.24, 2.45) is 0 Å². The second-order valence-corrected chi connectivity index (χ2v) is 6.75. The third kappa shape index (κ3) is 29.4. The highest BCUT2D eigenvalue weighted by Crippen LogP contribution is 2.12. The average Bonchev–Trinajstić information content (AvgIpc) is 2.52. The third-order valence-corrected chi connectivity index (χ3v) is 4.04. The van der Waals surface area contributed by atoms with Crippen LogP contribution in [-0.4, -0.2) is 34.0 Å². The summed E-state index contributed by atoms with van der Waals surface area (Å²) in [5, 5.41) is 25.0. The van der Waals surface area contributed by atoms with Gasteiger partial charge in [0.15, 0.2) is 0 Å². The van der Waals surface area contributed by atoms with Gasteiger partial charge in [-0.2, -0.15) is 0 Å². The molecule has 4 heteroatoms. The van der Waals surface area contributed by atoms with Crippen LogP contribution in [0.2, 0.25) is 0 Å². The van der Waals surface area contributed by atoms with Gasteiger partial charge in [0.25, 0.3) is 0 Å². The number of hydrogen-bond donors (Lipinski definition) is 3. The lowest BCUT2D eigenvalue weighted by Gasteiger charge is -2.02. The van der Waals surface area contributed by atoms with Crippen molar-refractivity contribution in [1.29, 1.82) is 0 Å². The molecular formula is C20H42O4. The molecule has 0 aromatic carbocycles. The van der Waals surface area contributed by atoms with Gasteiger partial charge in [-0.3, -0.25) is 4.79 Å². The third-order valence-electron chi connectivity index (χ3n) is 4.04. The summed E-state index contributed by atoms with van der Waals surface area (Å²) in [7, 11) is 0. The molecule has 0 radical (unpaired) electrons. The lowest BCUT2D eigenvalue weighted by molar-refractivity contribution is -0.137. The van der Waals surface area contributed by atoms with E-state index in [0.717, 1.165) is 12.8 Å². The van der Waals surface area contributed by atoms with Crippen LogP contribution in [0.3, 0.4) is 0 Å². The number of aliphatic hydroxyl groups is 2. The fraction of sp³-hybridized carbons (Fsp3) is 0.950. The second kappa shape index (κ2) is 22.4. The van der Waals surface area contributed by atoms with Crippen LogP contribution in [0.5, 0.6) is 0 Å². The van der Waals surface area contributed by atoms with Gasteiger partial charge in [0.05, 0.1) is 6.10 Å². The van der Waals surface area contributed by atoms with Gasteiger partial charge in [0.2, 0.25) is 0 Å². The number of aliphatic hydroxyl groups excluding tert-OH is 2. The Kier molecular flexibility index (Phi) is 23.9. The molecule has 4 nitrogen and oxygen atoms in total. The average molecular weight is 347 g/mol. The Bertz CT molecular complexity index is 242. The molecule has 0 bridgehead atoms. The first-order valence-corrected chi connectivity index (χ1v) is 10.0. The number of carboxylic acids is 1. The van der Waals surface area contributed by atoms with E-state index in [1.54, 1.807) is 6.92 Å². The zero-order chi connectivity index (χ0) is 18.5. The van der Waals surface area contributed by atoms with Gasteiger partial charge >= 0.3 is 5.97 Å². The lowest BCUT2D eigenvalue weighted by atomic mass is 10.0. The van der Waals surface area contributed by atoms with Crippen LogP contribution in [0.1, 0.15) is 110 Å². The number of carboxylic acid groups (broad SMARTS) is 1. The highest BCUT2D eigenvalue weighted by atomic mass is 16.4. The largest absolute Gasteiger partial charge is 0.481 e. The molecule has 0 saturated carbocycles. The van der Waals surface area contributed by atoms with Crippen LogP contribution in [0.4, 0.5) is 0 Å². The minimum absolute atomic E-state index is 0.0810. The quantitative estimate of drug-likeness (QED) is 0.331. The molecule has 24 heavy (non-hydrogen) atoms.